The Morgan fingerprint density at radius 3 is 2.71 bits per heavy atom. The minimum atomic E-state index is 0.832. The molecule has 2 N–H and O–H groups in total. The lowest BCUT2D eigenvalue weighted by Gasteiger charge is -2.24. The maximum atomic E-state index is 5.79. The average molecular weight is 246 g/mol. The van der Waals surface area contributed by atoms with Gasteiger partial charge in [-0.15, -0.1) is 11.3 Å². The highest BCUT2D eigenvalue weighted by atomic mass is 32.1. The van der Waals surface area contributed by atoms with Crippen molar-refractivity contribution < 1.29 is 0 Å². The summed E-state index contributed by atoms with van der Waals surface area (Å²) in [6.07, 6.45) is 0. The van der Waals surface area contributed by atoms with Crippen LogP contribution >= 0.6 is 11.3 Å². The monoisotopic (exact) mass is 246 g/mol. The first kappa shape index (κ1) is 12.0. The highest BCUT2D eigenvalue weighted by Gasteiger charge is 2.08. The number of hydrogen-bond acceptors (Lipinski definition) is 3. The Kier molecular flexibility index (Phi) is 3.69. The van der Waals surface area contributed by atoms with Gasteiger partial charge in [0.05, 0.1) is 6.54 Å². The second-order valence-electron chi connectivity index (χ2n) is 4.14. The predicted molar refractivity (Wildman–Crippen MR) is 76.6 cm³/mol. The summed E-state index contributed by atoms with van der Waals surface area (Å²) < 4.78 is 0. The molecule has 0 aliphatic heterocycles. The molecule has 0 bridgehead atoms. The van der Waals surface area contributed by atoms with Crippen molar-refractivity contribution in [3.8, 4) is 0 Å². The van der Waals surface area contributed by atoms with Gasteiger partial charge in [-0.1, -0.05) is 6.07 Å². The van der Waals surface area contributed by atoms with Gasteiger partial charge in [0, 0.05) is 22.8 Å². The molecule has 0 saturated carbocycles. The Morgan fingerprint density at radius 2 is 2.12 bits per heavy atom. The number of benzene rings is 1. The normalized spacial score (nSPS) is 10.5. The summed E-state index contributed by atoms with van der Waals surface area (Å²) in [4.78, 5) is 3.77. The first-order valence-corrected chi connectivity index (χ1v) is 6.72. The second-order valence-corrected chi connectivity index (χ2v) is 5.17. The van der Waals surface area contributed by atoms with Crippen molar-refractivity contribution in [3.63, 3.8) is 0 Å². The minimum Gasteiger partial charge on any atom is -0.399 e. The van der Waals surface area contributed by atoms with E-state index in [1.807, 2.05) is 12.1 Å². The Morgan fingerprint density at radius 1 is 1.29 bits per heavy atom. The molecule has 0 spiro atoms. The predicted octanol–water partition coefficient (Wildman–Crippen LogP) is 3.67. The molecule has 1 heterocycles. The van der Waals surface area contributed by atoms with Crippen molar-refractivity contribution in [3.05, 3.63) is 46.2 Å². The van der Waals surface area contributed by atoms with E-state index in [1.54, 1.807) is 11.3 Å². The zero-order valence-corrected chi connectivity index (χ0v) is 11.1. The third kappa shape index (κ3) is 2.80. The topological polar surface area (TPSA) is 29.3 Å². The van der Waals surface area contributed by atoms with Crippen LogP contribution in [0.15, 0.2) is 35.7 Å². The SMILES string of the molecule is CCN(Cc1cccs1)c1ccc(N)cc1C. The summed E-state index contributed by atoms with van der Waals surface area (Å²) >= 11 is 1.80. The molecule has 0 aliphatic rings. The van der Waals surface area contributed by atoms with Crippen molar-refractivity contribution in [2.24, 2.45) is 0 Å². The van der Waals surface area contributed by atoms with E-state index < -0.39 is 0 Å². The van der Waals surface area contributed by atoms with E-state index in [0.29, 0.717) is 0 Å². The molecule has 17 heavy (non-hydrogen) atoms. The van der Waals surface area contributed by atoms with Crippen LogP contribution < -0.4 is 10.6 Å². The molecule has 0 unspecified atom stereocenters. The molecule has 0 aliphatic carbocycles. The van der Waals surface area contributed by atoms with Crippen molar-refractivity contribution in [2.75, 3.05) is 17.2 Å². The van der Waals surface area contributed by atoms with Crippen LogP contribution in [0.25, 0.3) is 0 Å². The molecule has 1 aromatic carbocycles. The Bertz CT molecular complexity index is 477. The fourth-order valence-corrected chi connectivity index (χ4v) is 2.71. The Labute approximate surface area is 107 Å². The largest absolute Gasteiger partial charge is 0.399 e. The number of aryl methyl sites for hydroxylation is 1. The molecular formula is C14H18N2S. The lowest BCUT2D eigenvalue weighted by molar-refractivity contribution is 0.838. The zero-order valence-electron chi connectivity index (χ0n) is 10.3. The van der Waals surface area contributed by atoms with Crippen LogP contribution in [0.5, 0.6) is 0 Å². The summed E-state index contributed by atoms with van der Waals surface area (Å²) in [5, 5.41) is 2.12. The van der Waals surface area contributed by atoms with Gasteiger partial charge in [0.1, 0.15) is 0 Å². The number of anilines is 2. The molecule has 0 saturated heterocycles. The van der Waals surface area contributed by atoms with Crippen molar-refractivity contribution >= 4 is 22.7 Å². The summed E-state index contributed by atoms with van der Waals surface area (Å²) in [6, 6.07) is 10.4. The van der Waals surface area contributed by atoms with E-state index in [4.69, 9.17) is 5.73 Å². The van der Waals surface area contributed by atoms with Gasteiger partial charge >= 0.3 is 0 Å². The molecule has 2 aromatic rings. The molecule has 0 fully saturated rings. The number of nitrogens with zero attached hydrogens (tertiary/aromatic N) is 1. The number of thiophene rings is 1. The maximum Gasteiger partial charge on any atom is 0.0522 e. The molecule has 1 aromatic heterocycles. The lowest BCUT2D eigenvalue weighted by Crippen LogP contribution is -2.22. The number of nitrogen functional groups attached to an aromatic ring is 1. The summed E-state index contributed by atoms with van der Waals surface area (Å²) in [6.45, 7) is 6.27. The fraction of sp³-hybridized carbons (Fsp3) is 0.286. The van der Waals surface area contributed by atoms with E-state index in [-0.39, 0.29) is 0 Å². The van der Waals surface area contributed by atoms with Crippen molar-refractivity contribution in [2.45, 2.75) is 20.4 Å². The molecule has 3 heteroatoms. The van der Waals surface area contributed by atoms with Gasteiger partial charge in [0.2, 0.25) is 0 Å². The Hall–Kier alpha value is -1.48. The molecule has 90 valence electrons. The smallest absolute Gasteiger partial charge is 0.0522 e. The van der Waals surface area contributed by atoms with Gasteiger partial charge in [-0.2, -0.15) is 0 Å². The third-order valence-corrected chi connectivity index (χ3v) is 3.73. The van der Waals surface area contributed by atoms with Crippen molar-refractivity contribution in [1.29, 1.82) is 0 Å². The zero-order chi connectivity index (χ0) is 12.3. The van der Waals surface area contributed by atoms with Crippen molar-refractivity contribution in [1.82, 2.24) is 0 Å². The number of hydrogen-bond donors (Lipinski definition) is 1. The summed E-state index contributed by atoms with van der Waals surface area (Å²) in [7, 11) is 0. The first-order chi connectivity index (χ1) is 8.20. The molecule has 0 radical (unpaired) electrons. The maximum absolute atomic E-state index is 5.79. The molecule has 2 nitrogen and oxygen atoms in total. The standard InChI is InChI=1S/C14H18N2S/c1-3-16(10-13-5-4-8-17-13)14-7-6-12(15)9-11(14)2/h4-9H,3,10,15H2,1-2H3. The van der Waals surface area contributed by atoms with Gasteiger partial charge in [-0.3, -0.25) is 0 Å². The van der Waals surface area contributed by atoms with E-state index in [9.17, 15) is 0 Å². The van der Waals surface area contributed by atoms with Crippen LogP contribution in [0.4, 0.5) is 11.4 Å². The minimum absolute atomic E-state index is 0.832. The van der Waals surface area contributed by atoms with Gasteiger partial charge in [0.15, 0.2) is 0 Å². The number of nitrogens with two attached hydrogens (primary N) is 1. The molecule has 0 atom stereocenters. The summed E-state index contributed by atoms with van der Waals surface area (Å²) in [5.41, 5.74) is 9.13. The van der Waals surface area contributed by atoms with E-state index >= 15 is 0 Å². The fourth-order valence-electron chi connectivity index (χ4n) is 1.99. The van der Waals surface area contributed by atoms with Gasteiger partial charge in [0.25, 0.3) is 0 Å². The van der Waals surface area contributed by atoms with Crippen LogP contribution in [-0.4, -0.2) is 6.54 Å². The Balaban J connectivity index is 2.23. The van der Waals surface area contributed by atoms with E-state index in [1.165, 1.54) is 16.1 Å². The third-order valence-electron chi connectivity index (χ3n) is 2.87. The quantitative estimate of drug-likeness (QED) is 0.834. The number of rotatable bonds is 4. The van der Waals surface area contributed by atoms with E-state index in [0.717, 1.165) is 18.8 Å². The lowest BCUT2D eigenvalue weighted by atomic mass is 10.1. The van der Waals surface area contributed by atoms with Crippen LogP contribution in [0, 0.1) is 6.92 Å². The second kappa shape index (κ2) is 5.23. The molecule has 0 amide bonds. The first-order valence-electron chi connectivity index (χ1n) is 5.84. The average Bonchev–Trinajstić information content (AvgIpc) is 2.79. The van der Waals surface area contributed by atoms with Crippen LogP contribution in [0.3, 0.4) is 0 Å². The van der Waals surface area contributed by atoms with E-state index in [2.05, 4.69) is 42.3 Å². The highest BCUT2D eigenvalue weighted by Crippen LogP contribution is 2.24. The van der Waals surface area contributed by atoms with Crippen LogP contribution in [0.2, 0.25) is 0 Å². The molecular weight excluding hydrogens is 228 g/mol. The van der Waals surface area contributed by atoms with Gasteiger partial charge < -0.3 is 10.6 Å². The van der Waals surface area contributed by atoms with Crippen LogP contribution in [0.1, 0.15) is 17.4 Å². The van der Waals surface area contributed by atoms with Gasteiger partial charge in [-0.25, -0.2) is 0 Å². The van der Waals surface area contributed by atoms with Crippen LogP contribution in [-0.2, 0) is 6.54 Å². The molecule has 2 rings (SSSR count). The summed E-state index contributed by atoms with van der Waals surface area (Å²) in [5.74, 6) is 0. The van der Waals surface area contributed by atoms with Gasteiger partial charge in [-0.05, 0) is 49.1 Å². The highest BCUT2D eigenvalue weighted by molar-refractivity contribution is 7.09.